The summed E-state index contributed by atoms with van der Waals surface area (Å²) in [4.78, 5) is 119. The monoisotopic (exact) mass is 1360 g/mol. The van der Waals surface area contributed by atoms with Crippen LogP contribution in [0.1, 0.15) is 65.5 Å². The van der Waals surface area contributed by atoms with Crippen molar-refractivity contribution in [2.45, 2.75) is 102 Å². The summed E-state index contributed by atoms with van der Waals surface area (Å²) in [7, 11) is -14.4. The molecular formula is C58H73ClN8O22S3. The van der Waals surface area contributed by atoms with Crippen molar-refractivity contribution in [2.75, 3.05) is 57.0 Å². The zero-order valence-electron chi connectivity index (χ0n) is 50.2. The predicted molar refractivity (Wildman–Crippen MR) is 330 cm³/mol. The van der Waals surface area contributed by atoms with Crippen LogP contribution in [0.5, 0.6) is 5.75 Å². The van der Waals surface area contributed by atoms with Gasteiger partial charge >= 0.3 is 17.9 Å². The minimum Gasteiger partial charge on any atom is -0.487 e. The maximum absolute atomic E-state index is 13.6. The number of ether oxygens (including phenoxy) is 1. The van der Waals surface area contributed by atoms with Crippen LogP contribution in [0.25, 0.3) is 11.1 Å². The molecule has 0 aliphatic heterocycles. The number of halogens is 1. The number of likely N-dealkylation sites (N-methyl/N-ethyl adjacent to an activating group) is 1. The quantitative estimate of drug-likeness (QED) is 0.0284. The van der Waals surface area contributed by atoms with Crippen molar-refractivity contribution in [3.05, 3.63) is 123 Å². The van der Waals surface area contributed by atoms with Gasteiger partial charge in [-0.1, -0.05) is 97.2 Å². The van der Waals surface area contributed by atoms with Gasteiger partial charge in [-0.3, -0.25) is 66.6 Å². The first kappa shape index (κ1) is 74.6. The number of nitrogens with zero attached hydrogens (tertiary/aromatic N) is 3. The molecule has 5 atom stereocenters. The van der Waals surface area contributed by atoms with Gasteiger partial charge in [0, 0.05) is 45.2 Å². The Labute approximate surface area is 535 Å². The van der Waals surface area contributed by atoms with E-state index >= 15 is 0 Å². The van der Waals surface area contributed by atoms with E-state index in [9.17, 15) is 97.4 Å². The van der Waals surface area contributed by atoms with Crippen LogP contribution in [-0.2, 0) is 99.6 Å². The summed E-state index contributed by atoms with van der Waals surface area (Å²) < 4.78 is 107. The average molecular weight is 1370 g/mol. The first-order valence-electron chi connectivity index (χ1n) is 28.4. The lowest BCUT2D eigenvalue weighted by molar-refractivity contribution is -0.146. The Bertz CT molecular complexity index is 3690. The van der Waals surface area contributed by atoms with Crippen molar-refractivity contribution in [1.29, 1.82) is 0 Å². The van der Waals surface area contributed by atoms with E-state index in [1.165, 1.54) is 11.9 Å². The van der Waals surface area contributed by atoms with Crippen LogP contribution >= 0.6 is 11.6 Å². The second-order valence-electron chi connectivity index (χ2n) is 21.9. The summed E-state index contributed by atoms with van der Waals surface area (Å²) in [6, 6.07) is 16.7. The van der Waals surface area contributed by atoms with Gasteiger partial charge in [-0.2, -0.15) is 25.3 Å². The molecule has 4 aromatic carbocycles. The first-order valence-corrected chi connectivity index (χ1v) is 33.6. The Morgan fingerprint density at radius 2 is 1.09 bits per heavy atom. The van der Waals surface area contributed by atoms with E-state index in [1.807, 2.05) is 61.6 Å². The molecule has 0 aromatic heterocycles. The smallest absolute Gasteiger partial charge is 0.317 e. The second-order valence-corrected chi connectivity index (χ2v) is 26.8. The highest BCUT2D eigenvalue weighted by Crippen LogP contribution is 2.32. The van der Waals surface area contributed by atoms with E-state index in [1.54, 1.807) is 58.0 Å². The Morgan fingerprint density at radius 3 is 1.63 bits per heavy atom. The maximum Gasteiger partial charge on any atom is 0.317 e. The number of hydrogen-bond donors (Lipinski definition) is 11. The lowest BCUT2D eigenvalue weighted by atomic mass is 9.87. The molecule has 11 N–H and O–H groups in total. The Balaban J connectivity index is 1.15. The van der Waals surface area contributed by atoms with Crippen LogP contribution in [-0.4, -0.2) is 210 Å². The van der Waals surface area contributed by atoms with Gasteiger partial charge in [0.25, 0.3) is 30.4 Å². The third-order valence-electron chi connectivity index (χ3n) is 14.7. The molecule has 1 saturated carbocycles. The molecule has 5 rings (SSSR count). The average Bonchev–Trinajstić information content (AvgIpc) is 0.849. The van der Waals surface area contributed by atoms with Crippen molar-refractivity contribution in [3.63, 3.8) is 0 Å². The Morgan fingerprint density at radius 1 is 0.587 bits per heavy atom. The molecular weight excluding hydrogens is 1290 g/mol. The number of carboxylic acid groups (broad SMARTS) is 3. The highest BCUT2D eigenvalue weighted by atomic mass is 35.5. The van der Waals surface area contributed by atoms with Crippen LogP contribution in [0.15, 0.2) is 84.9 Å². The van der Waals surface area contributed by atoms with Crippen molar-refractivity contribution < 1.29 is 102 Å². The van der Waals surface area contributed by atoms with E-state index in [4.69, 9.17) is 16.3 Å². The number of amides is 6. The number of aryl methyl sites for hydroxylation is 1. The molecule has 0 unspecified atom stereocenters. The molecule has 1 aliphatic rings. The maximum atomic E-state index is 13.6. The molecule has 30 nitrogen and oxygen atoms in total. The van der Waals surface area contributed by atoms with E-state index in [-0.39, 0.29) is 31.1 Å². The predicted octanol–water partition coefficient (Wildman–Crippen LogP) is 0.813. The Hall–Kier alpha value is -8.15. The van der Waals surface area contributed by atoms with Crippen molar-refractivity contribution >= 4 is 95.3 Å². The standard InChI is InChI=1S/C58H73ClN8O22S3/c1-35-9-4-5-11-41(35)42-12-8-10-40(36(42)2)31-89-49-20-19-39(23-43(49)59)26-65(3)52(70)25-61-56(77)44(32-90(80,81)82)63-58(79)46(34-92(86,87)88)64-57(78)45(33-91(83,84)85)62-50(68)21-22-60-51(69)24-37-15-17-38(18-16-37)27-66(28-53(71)72)47-13-6-7-14-48(47)67(29-54(73)74)30-55(75)76/h4-5,8-12,15-20,23,44-48H,6-7,13-14,21-22,24-34H2,1-3H3,(H,60,69)(H,61,77)(H,62,68)(H,63,79)(H,64,78)(H,71,72)(H,73,74)(H,75,76)(H,80,81,82)(H,83,84,85)(H,86,87,88)/t44-,45-,46-,47+,48+/m0/s1. The summed E-state index contributed by atoms with van der Waals surface area (Å²) >= 11 is 6.57. The highest BCUT2D eigenvalue weighted by Gasteiger charge is 2.38. The minimum atomic E-state index is -5.31. The molecule has 0 bridgehead atoms. The zero-order chi connectivity index (χ0) is 68.3. The normalized spacial score (nSPS) is 15.3. The van der Waals surface area contributed by atoms with Gasteiger partial charge in [-0.15, -0.1) is 0 Å². The topological polar surface area (TPSA) is 457 Å². The van der Waals surface area contributed by atoms with Crippen molar-refractivity contribution in [3.8, 4) is 16.9 Å². The number of carbonyl (C=O) groups excluding carboxylic acids is 6. The number of nitrogens with one attached hydrogen (secondary N) is 5. The van der Waals surface area contributed by atoms with Crippen LogP contribution in [0.2, 0.25) is 5.02 Å². The van der Waals surface area contributed by atoms with Crippen molar-refractivity contribution in [2.24, 2.45) is 0 Å². The second kappa shape index (κ2) is 34.0. The van der Waals surface area contributed by atoms with E-state index < -0.39 is 170 Å². The lowest BCUT2D eigenvalue weighted by Crippen LogP contribution is -2.60. The Kier molecular flexibility index (Phi) is 27.5. The molecule has 0 saturated heterocycles. The zero-order valence-corrected chi connectivity index (χ0v) is 53.4. The molecule has 502 valence electrons. The molecule has 1 aliphatic carbocycles. The summed E-state index contributed by atoms with van der Waals surface area (Å²) in [5.74, 6) is -15.8. The van der Waals surface area contributed by atoms with Crippen LogP contribution < -0.4 is 31.3 Å². The summed E-state index contributed by atoms with van der Waals surface area (Å²) in [6.07, 6.45) is 1.32. The number of rotatable bonds is 35. The lowest BCUT2D eigenvalue weighted by Gasteiger charge is -2.44. The van der Waals surface area contributed by atoms with E-state index in [0.29, 0.717) is 48.1 Å². The highest BCUT2D eigenvalue weighted by molar-refractivity contribution is 7.86. The van der Waals surface area contributed by atoms with Gasteiger partial charge in [0.15, 0.2) is 0 Å². The fourth-order valence-corrected chi connectivity index (χ4v) is 12.5. The van der Waals surface area contributed by atoms with Crippen molar-refractivity contribution in [1.82, 2.24) is 41.3 Å². The summed E-state index contributed by atoms with van der Waals surface area (Å²) in [5.41, 5.74) is 6.71. The molecule has 0 spiro atoms. The number of carbonyl (C=O) groups is 9. The largest absolute Gasteiger partial charge is 0.487 e. The number of carboxylic acids is 3. The summed E-state index contributed by atoms with van der Waals surface area (Å²) in [6.45, 7) is 1.27. The van der Waals surface area contributed by atoms with Crippen LogP contribution in [0.3, 0.4) is 0 Å². The fraction of sp³-hybridized carbons (Fsp3) is 0.431. The number of benzene rings is 4. The molecule has 92 heavy (non-hydrogen) atoms. The van der Waals surface area contributed by atoms with Gasteiger partial charge in [0.05, 0.1) is 37.6 Å². The molecule has 34 heteroatoms. The SMILES string of the molecule is Cc1ccccc1-c1cccc(COc2ccc(CN(C)C(=O)CNC(=O)[C@H](CS(=O)(=O)O)NC(=O)[C@H](CS(=O)(=O)O)NC(=O)[C@H](CS(=O)(=O)O)NC(=O)CCNC(=O)Cc3ccc(CN(CC(=O)O)[C@@H]4CCCC[C@H]4N(CC(=O)O)CC(=O)O)cc3)cc2Cl)c1C. The fourth-order valence-electron chi connectivity index (χ4n) is 10.3. The first-order chi connectivity index (χ1) is 43.0. The third kappa shape index (κ3) is 25.2. The summed E-state index contributed by atoms with van der Waals surface area (Å²) in [5, 5.41) is 39.0. The van der Waals surface area contributed by atoms with Crippen LogP contribution in [0, 0.1) is 13.8 Å². The van der Waals surface area contributed by atoms with Gasteiger partial charge in [-0.05, 0) is 83.3 Å². The third-order valence-corrected chi connectivity index (χ3v) is 17.2. The molecule has 6 amide bonds. The van der Waals surface area contributed by atoms with E-state index in [2.05, 4.69) is 10.6 Å². The van der Waals surface area contributed by atoms with Crippen LogP contribution in [0.4, 0.5) is 0 Å². The van der Waals surface area contributed by atoms with Gasteiger partial charge < -0.3 is 51.5 Å². The molecule has 4 aromatic rings. The van der Waals surface area contributed by atoms with Gasteiger partial charge in [0.1, 0.15) is 47.7 Å². The number of hydrogen-bond acceptors (Lipinski definition) is 18. The van der Waals surface area contributed by atoms with E-state index in [0.717, 1.165) is 32.7 Å². The van der Waals surface area contributed by atoms with Gasteiger partial charge in [-0.25, -0.2) is 0 Å². The molecule has 1 fully saturated rings. The molecule has 0 radical (unpaired) electrons. The minimum absolute atomic E-state index is 0.0638. The number of aliphatic carboxylic acids is 3. The molecule has 0 heterocycles. The van der Waals surface area contributed by atoms with Gasteiger partial charge in [0.2, 0.25) is 35.4 Å².